The van der Waals surface area contributed by atoms with Crippen LogP contribution in [0.25, 0.3) is 10.8 Å². The number of nitro groups is 1. The number of likely N-dealkylation sites (tertiary alicyclic amines) is 2. The third kappa shape index (κ3) is 37.6. The van der Waals surface area contributed by atoms with Gasteiger partial charge in [-0.05, 0) is 231 Å². The number of pyridine rings is 1. The van der Waals surface area contributed by atoms with E-state index >= 15 is 0 Å². The highest BCUT2D eigenvalue weighted by Crippen LogP contribution is 2.41. The fourth-order valence-corrected chi connectivity index (χ4v) is 16.0. The Bertz CT molecular complexity index is 5870. The lowest BCUT2D eigenvalue weighted by atomic mass is 9.97. The van der Waals surface area contributed by atoms with Crippen molar-refractivity contribution in [1.29, 1.82) is 0 Å². The molecule has 0 saturated carbocycles. The van der Waals surface area contributed by atoms with Crippen molar-refractivity contribution in [2.75, 3.05) is 76.2 Å². The van der Waals surface area contributed by atoms with Crippen LogP contribution in [0.2, 0.25) is 0 Å². The van der Waals surface area contributed by atoms with E-state index in [9.17, 15) is 63.2 Å². The number of nitrogens with zero attached hydrogens (tertiary/aromatic N) is 6. The molecule has 0 bridgehead atoms. The number of para-hydroxylation sites is 1. The summed E-state index contributed by atoms with van der Waals surface area (Å²) in [6.45, 7) is 6.36. The molecule has 2 saturated heterocycles. The Labute approximate surface area is 824 Å². The van der Waals surface area contributed by atoms with E-state index in [1.54, 1.807) is 81.9 Å². The van der Waals surface area contributed by atoms with Gasteiger partial charge in [-0.25, -0.2) is 10.1 Å². The maximum Gasteiger partial charge on any atom is 0.269 e. The minimum Gasteiger partial charge on any atom is -0.504 e. The number of aromatic nitrogens is 1. The van der Waals surface area contributed by atoms with Gasteiger partial charge in [0, 0.05) is 187 Å². The third-order valence-corrected chi connectivity index (χ3v) is 24.1. The summed E-state index contributed by atoms with van der Waals surface area (Å²) in [5.41, 5.74) is 41.3. The number of hydroxylamine groups is 4. The zero-order valence-electron chi connectivity index (χ0n) is 81.2. The molecular weight excluding hydrogens is 1790 g/mol. The number of hydrogen-bond donors (Lipinski definition) is 7. The molecule has 2 unspecified atom stereocenters. The summed E-state index contributed by atoms with van der Waals surface area (Å²) in [5, 5.41) is 28.3. The molecule has 13 rings (SSSR count). The number of phenolic OH excluding ortho intramolecular Hbond substituents is 1. The minimum absolute atomic E-state index is 0.00495. The third-order valence-electron chi connectivity index (χ3n) is 24.1. The molecule has 5 amide bonds. The number of phenols is 1. The quantitative estimate of drug-likeness (QED) is 0.0106. The van der Waals surface area contributed by atoms with Crippen molar-refractivity contribution in [3.05, 3.63) is 315 Å². The first-order valence-electron chi connectivity index (χ1n) is 47.8. The van der Waals surface area contributed by atoms with E-state index in [1.165, 1.54) is 45.7 Å². The monoisotopic (exact) mass is 1920 g/mol. The number of rotatable bonds is 46. The Balaban J connectivity index is 0.000000197. The largest absolute Gasteiger partial charge is 0.504 e. The SMILES string of the molecule is CCN(OCc1ccc([N+](=O)[O-])cc1)C(=O)CCC(=O)CCc1ccc(N)cc1.CCN(OCc1ccccn1)C(=O)CCC(=O)CCc1ccc(N)cc1.COc1ccc(OC)c(C2CCCN2C(=O)CCC(=O)CCc2ccc(N)cc2)c1.COc1cccc(CNC(=O)CCC(=O)CCc2ccc(N)cc2)c1O.Nc1ccc(CCC(=O)CCC(=O)N2CCCC2c2cccc3ccccc23)cc1. The molecule has 0 spiro atoms. The van der Waals surface area contributed by atoms with Gasteiger partial charge in [0.05, 0.1) is 44.0 Å². The number of amides is 5. The maximum absolute atomic E-state index is 12.9. The molecule has 1 aromatic heterocycles. The van der Waals surface area contributed by atoms with Gasteiger partial charge < -0.3 is 63.1 Å². The van der Waals surface area contributed by atoms with E-state index in [-0.39, 0.29) is 153 Å². The first kappa shape index (κ1) is 109. The number of benzene rings is 10. The van der Waals surface area contributed by atoms with Crippen LogP contribution in [0.4, 0.5) is 34.1 Å². The van der Waals surface area contributed by atoms with Crippen LogP contribution in [0.5, 0.6) is 23.0 Å². The Kier molecular flexibility index (Phi) is 45.4. The second-order valence-corrected chi connectivity index (χ2v) is 34.3. The van der Waals surface area contributed by atoms with Gasteiger partial charge in [0.15, 0.2) is 11.5 Å². The summed E-state index contributed by atoms with van der Waals surface area (Å²) in [7, 11) is 4.72. The number of carbonyl (C=O) groups excluding carboxylic acids is 10. The first-order chi connectivity index (χ1) is 68.1. The van der Waals surface area contributed by atoms with Crippen molar-refractivity contribution < 1.29 is 81.9 Å². The summed E-state index contributed by atoms with van der Waals surface area (Å²) in [6.07, 6.45) is 12.9. The number of fused-ring (bicyclic) bond motifs is 1. The standard InChI is InChI=1S/C26H28N2O2.C24H30N2O4.C21H25N3O5.C20H25N3O3.C20H24N2O4/c27-21-13-10-19(11-14-21)12-15-22(29)16-17-26(30)28-18-4-9-25(28)24-8-3-6-20-5-1-2-7-23(20)24;1-29-20-12-13-23(30-2)21(16-20)22-4-3-15-26(22)24(28)14-11-19(27)10-7-17-5-8-18(25)9-6-17;1-2-23(29-15-17-5-10-19(11-6-17)24(27)28)21(26)14-13-20(25)12-7-16-3-8-18(22)9-4-16;1-2-23(26-15-18-5-3-4-14-22-18)20(25)13-12-19(24)11-8-16-6-9-17(21)10-7-16;1-26-18-4-2-3-15(20(18)25)13-22-19(24)12-11-17(23)10-7-14-5-8-16(21)9-6-14/h1-3,5-8,10-11,13-14,25H,4,9,12,15-18,27H2;5-6,8-9,12-13,16,22H,3-4,7,10-11,14-15,25H2,1-2H3;3-6,8-11H,2,7,12-15,22H2,1H3;3-7,9-10,14H,2,8,11-13,15,21H2,1H3;2-6,8-9,25H,7,10-13,21H2,1H3,(H,22,24). The number of carbonyl (C=O) groups is 10. The fraction of sp³-hybridized carbons (Fsp3) is 0.342. The molecule has 141 heavy (non-hydrogen) atoms. The molecule has 744 valence electrons. The number of anilines is 5. The summed E-state index contributed by atoms with van der Waals surface area (Å²) in [6, 6.07) is 74.3. The molecular formula is C111H132N12O18. The molecule has 2 atom stereocenters. The minimum atomic E-state index is -0.475. The van der Waals surface area contributed by atoms with Crippen molar-refractivity contribution in [3.63, 3.8) is 0 Å². The number of aryl methyl sites for hydroxylation is 5. The van der Waals surface area contributed by atoms with Gasteiger partial charge in [-0.1, -0.05) is 121 Å². The smallest absolute Gasteiger partial charge is 0.269 e. The molecule has 12 N–H and O–H groups in total. The number of nitro benzene ring substituents is 1. The van der Waals surface area contributed by atoms with Gasteiger partial charge in [-0.2, -0.15) is 0 Å². The van der Waals surface area contributed by atoms with E-state index in [2.05, 4.69) is 40.6 Å². The molecule has 30 nitrogen and oxygen atoms in total. The van der Waals surface area contributed by atoms with Crippen molar-refractivity contribution >= 4 is 103 Å². The summed E-state index contributed by atoms with van der Waals surface area (Å²) >= 11 is 0. The molecule has 0 radical (unpaired) electrons. The van der Waals surface area contributed by atoms with Gasteiger partial charge in [0.25, 0.3) is 5.69 Å². The maximum atomic E-state index is 12.9. The highest BCUT2D eigenvalue weighted by molar-refractivity contribution is 5.90. The highest BCUT2D eigenvalue weighted by Gasteiger charge is 2.34. The number of aromatic hydroxyl groups is 1. The predicted molar refractivity (Wildman–Crippen MR) is 546 cm³/mol. The number of nitrogens with two attached hydrogens (primary N) is 5. The molecule has 2 aliphatic heterocycles. The van der Waals surface area contributed by atoms with Gasteiger partial charge in [0.1, 0.15) is 53.6 Å². The fourth-order valence-electron chi connectivity index (χ4n) is 16.0. The summed E-state index contributed by atoms with van der Waals surface area (Å²) in [4.78, 5) is 152. The van der Waals surface area contributed by atoms with Gasteiger partial charge in [-0.15, -0.1) is 0 Å². The summed E-state index contributed by atoms with van der Waals surface area (Å²) in [5.74, 6) is 1.64. The van der Waals surface area contributed by atoms with Crippen LogP contribution < -0.4 is 48.2 Å². The average molecular weight is 1920 g/mol. The predicted octanol–water partition coefficient (Wildman–Crippen LogP) is 17.9. The van der Waals surface area contributed by atoms with Crippen LogP contribution in [0, 0.1) is 10.1 Å². The van der Waals surface area contributed by atoms with Crippen LogP contribution >= 0.6 is 0 Å². The number of nitrogens with one attached hydrogen (secondary N) is 1. The van der Waals surface area contributed by atoms with Crippen molar-refractivity contribution in [3.8, 4) is 23.0 Å². The van der Waals surface area contributed by atoms with Crippen LogP contribution in [0.15, 0.2) is 249 Å². The second-order valence-electron chi connectivity index (χ2n) is 34.3. The van der Waals surface area contributed by atoms with Gasteiger partial charge in [0.2, 0.25) is 29.5 Å². The number of hydrogen-bond acceptors (Lipinski definition) is 24. The van der Waals surface area contributed by atoms with Gasteiger partial charge in [-0.3, -0.25) is 72.7 Å². The van der Waals surface area contributed by atoms with E-state index in [0.717, 1.165) is 88.5 Å². The number of Topliss-reactive ketones (excluding diaryl/α,β-unsaturated/α-hetero) is 5. The molecule has 10 aromatic carbocycles. The lowest BCUT2D eigenvalue weighted by molar-refractivity contribution is -0.384. The van der Waals surface area contributed by atoms with Crippen molar-refractivity contribution in [1.82, 2.24) is 30.2 Å². The number of nitrogen functional groups attached to an aromatic ring is 5. The Morgan fingerprint density at radius 2 is 0.816 bits per heavy atom. The Morgan fingerprint density at radius 3 is 1.23 bits per heavy atom. The number of non-ortho nitro benzene ring substituents is 1. The first-order valence-corrected chi connectivity index (χ1v) is 47.8. The lowest BCUT2D eigenvalue weighted by Crippen LogP contribution is -2.31. The van der Waals surface area contributed by atoms with Crippen LogP contribution in [-0.2, 0) is 109 Å². The number of methoxy groups -OCH3 is 3. The van der Waals surface area contributed by atoms with E-state index in [0.29, 0.717) is 136 Å². The lowest BCUT2D eigenvalue weighted by Gasteiger charge is -2.26. The summed E-state index contributed by atoms with van der Waals surface area (Å²) < 4.78 is 15.9. The molecule has 2 aliphatic rings. The molecule has 11 aromatic rings. The topological polar surface area (TPSA) is 448 Å². The zero-order chi connectivity index (χ0) is 101. The van der Waals surface area contributed by atoms with E-state index in [1.807, 2.05) is 162 Å². The van der Waals surface area contributed by atoms with Crippen molar-refractivity contribution in [2.45, 2.75) is 200 Å². The molecule has 0 aliphatic carbocycles. The number of ketones is 5. The highest BCUT2D eigenvalue weighted by atomic mass is 16.7. The van der Waals surface area contributed by atoms with Gasteiger partial charge >= 0.3 is 0 Å². The van der Waals surface area contributed by atoms with E-state index in [4.69, 9.17) is 52.6 Å². The van der Waals surface area contributed by atoms with Crippen LogP contribution in [0.3, 0.4) is 0 Å². The van der Waals surface area contributed by atoms with Crippen LogP contribution in [-0.4, -0.2) is 141 Å². The second kappa shape index (κ2) is 58.5. The number of ether oxygens (including phenoxy) is 3. The molecule has 2 fully saturated rings. The van der Waals surface area contributed by atoms with Crippen molar-refractivity contribution in [2.24, 2.45) is 0 Å². The molecule has 3 heterocycles. The Morgan fingerprint density at radius 1 is 0.418 bits per heavy atom. The normalized spacial score (nSPS) is 12.8. The van der Waals surface area contributed by atoms with E-state index < -0.39 is 4.92 Å². The molecule has 30 heteroatoms. The average Bonchev–Trinajstić information content (AvgIpc) is 1.71. The zero-order valence-corrected chi connectivity index (χ0v) is 81.2. The van der Waals surface area contributed by atoms with Crippen LogP contribution in [0.1, 0.15) is 204 Å². The Hall–Kier alpha value is -15.2.